The summed E-state index contributed by atoms with van der Waals surface area (Å²) in [6, 6.07) is 0. The van der Waals surface area contributed by atoms with E-state index in [0.717, 1.165) is 0 Å². The van der Waals surface area contributed by atoms with E-state index in [1.807, 2.05) is 13.8 Å². The fraction of sp³-hybridized carbons (Fsp3) is 0.800. The molecule has 0 aromatic carbocycles. The van der Waals surface area contributed by atoms with Crippen molar-refractivity contribution in [2.24, 2.45) is 5.92 Å². The van der Waals surface area contributed by atoms with E-state index >= 15 is 0 Å². The Balaban J connectivity index is 0. The minimum atomic E-state index is 0. The molecular weight excluding hydrogens is 179 g/mol. The van der Waals surface area contributed by atoms with Crippen LogP contribution in [0.25, 0.3) is 0 Å². The second-order valence-electron chi connectivity index (χ2n) is 1.77. The van der Waals surface area contributed by atoms with Gasteiger partial charge in [-0.05, 0) is 0 Å². The Morgan fingerprint density at radius 1 is 1.50 bits per heavy atom. The van der Waals surface area contributed by atoms with Gasteiger partial charge in [-0.2, -0.15) is 0 Å². The maximum Gasteiger partial charge on any atom is 0.222 e. The molecule has 0 fully saturated rings. The van der Waals surface area contributed by atoms with Gasteiger partial charge in [0, 0.05) is 45.7 Å². The van der Waals surface area contributed by atoms with Crippen LogP contribution < -0.4 is 5.32 Å². The first-order valence-electron chi connectivity index (χ1n) is 2.40. The van der Waals surface area contributed by atoms with Crippen LogP contribution in [0.4, 0.5) is 0 Å². The summed E-state index contributed by atoms with van der Waals surface area (Å²) in [6.45, 7) is 3.72. The average molecular weight is 190 g/mol. The topological polar surface area (TPSA) is 29.1 Å². The predicted octanol–water partition coefficient (Wildman–Crippen LogP) is 0.386. The number of nitrogens with one attached hydrogen (secondary N) is 1. The van der Waals surface area contributed by atoms with Crippen LogP contribution in [-0.4, -0.2) is 13.0 Å². The van der Waals surface area contributed by atoms with Crippen molar-refractivity contribution in [3.8, 4) is 0 Å². The first-order valence-corrected chi connectivity index (χ1v) is 2.40. The Hall–Kier alpha value is 0.574. The van der Waals surface area contributed by atoms with Crippen molar-refractivity contribution in [1.29, 1.82) is 0 Å². The molecule has 0 atom stereocenters. The summed E-state index contributed by atoms with van der Waals surface area (Å²) in [6.07, 6.45) is 0. The van der Waals surface area contributed by atoms with Crippen LogP contribution >= 0.6 is 0 Å². The third-order valence-corrected chi connectivity index (χ3v) is 0.771. The molecule has 0 heterocycles. The van der Waals surface area contributed by atoms with Crippen LogP contribution in [0.1, 0.15) is 13.8 Å². The third kappa shape index (κ3) is 4.73. The molecule has 0 rings (SSSR count). The third-order valence-electron chi connectivity index (χ3n) is 0.771. The van der Waals surface area contributed by atoms with E-state index in [4.69, 9.17) is 0 Å². The molecule has 0 aliphatic rings. The molecule has 0 bridgehead atoms. The molecular formula is C5H11NOY. The second kappa shape index (κ2) is 5.71. The van der Waals surface area contributed by atoms with Crippen LogP contribution in [0.3, 0.4) is 0 Å². The Labute approximate surface area is 75.3 Å². The van der Waals surface area contributed by atoms with Gasteiger partial charge in [0.25, 0.3) is 0 Å². The molecule has 0 aliphatic heterocycles. The minimum Gasteiger partial charge on any atom is -0.359 e. The average Bonchev–Trinajstić information content (AvgIpc) is 1.65. The maximum absolute atomic E-state index is 10.4. The van der Waals surface area contributed by atoms with E-state index < -0.39 is 0 Å². The van der Waals surface area contributed by atoms with Crippen molar-refractivity contribution in [3.63, 3.8) is 0 Å². The van der Waals surface area contributed by atoms with Gasteiger partial charge in [-0.3, -0.25) is 4.79 Å². The minimum absolute atomic E-state index is 0. The summed E-state index contributed by atoms with van der Waals surface area (Å²) in [7, 11) is 1.64. The van der Waals surface area contributed by atoms with Crippen molar-refractivity contribution in [2.45, 2.75) is 13.8 Å². The van der Waals surface area contributed by atoms with Gasteiger partial charge in [0.15, 0.2) is 0 Å². The number of amides is 1. The molecule has 0 aliphatic carbocycles. The zero-order valence-corrected chi connectivity index (χ0v) is 8.40. The zero-order valence-electron chi connectivity index (χ0n) is 5.56. The van der Waals surface area contributed by atoms with E-state index in [1.54, 1.807) is 7.05 Å². The van der Waals surface area contributed by atoms with Crippen LogP contribution in [0.5, 0.6) is 0 Å². The van der Waals surface area contributed by atoms with E-state index in [2.05, 4.69) is 5.32 Å². The van der Waals surface area contributed by atoms with E-state index in [1.165, 1.54) is 0 Å². The summed E-state index contributed by atoms with van der Waals surface area (Å²) in [5, 5.41) is 2.53. The van der Waals surface area contributed by atoms with Gasteiger partial charge in [0.05, 0.1) is 0 Å². The van der Waals surface area contributed by atoms with E-state index in [9.17, 15) is 4.79 Å². The molecule has 0 saturated heterocycles. The summed E-state index contributed by atoms with van der Waals surface area (Å²) >= 11 is 0. The molecule has 2 nitrogen and oxygen atoms in total. The number of hydrogen-bond donors (Lipinski definition) is 1. The van der Waals surface area contributed by atoms with Gasteiger partial charge in [-0.15, -0.1) is 0 Å². The molecule has 0 aromatic heterocycles. The van der Waals surface area contributed by atoms with Gasteiger partial charge in [-0.1, -0.05) is 13.8 Å². The van der Waals surface area contributed by atoms with E-state index in [0.29, 0.717) is 0 Å². The smallest absolute Gasteiger partial charge is 0.222 e. The zero-order chi connectivity index (χ0) is 5.86. The molecule has 0 saturated carbocycles. The number of carbonyl (C=O) groups excluding carboxylic acids is 1. The predicted molar refractivity (Wildman–Crippen MR) is 28.9 cm³/mol. The molecule has 0 spiro atoms. The quantitative estimate of drug-likeness (QED) is 0.636. The fourth-order valence-corrected chi connectivity index (χ4v) is 0.289. The Bertz CT molecular complexity index is 72.8. The normalized spacial score (nSPS) is 8.00. The van der Waals surface area contributed by atoms with Gasteiger partial charge in [0.2, 0.25) is 5.91 Å². The maximum atomic E-state index is 10.4. The summed E-state index contributed by atoms with van der Waals surface area (Å²) in [4.78, 5) is 10.4. The number of hydrogen-bond acceptors (Lipinski definition) is 1. The fourth-order valence-electron chi connectivity index (χ4n) is 0.289. The second-order valence-corrected chi connectivity index (χ2v) is 1.77. The molecule has 0 aromatic rings. The summed E-state index contributed by atoms with van der Waals surface area (Å²) in [5.74, 6) is 0.213. The van der Waals surface area contributed by atoms with Crippen molar-refractivity contribution in [3.05, 3.63) is 0 Å². The standard InChI is InChI=1S/C5H11NO.Y/c1-4(2)5(7)6-3;/h4H,1-3H3,(H,6,7);. The molecule has 8 heavy (non-hydrogen) atoms. The van der Waals surface area contributed by atoms with Crippen molar-refractivity contribution >= 4 is 5.91 Å². The Morgan fingerprint density at radius 3 is 1.88 bits per heavy atom. The first kappa shape index (κ1) is 11.4. The van der Waals surface area contributed by atoms with E-state index in [-0.39, 0.29) is 44.5 Å². The van der Waals surface area contributed by atoms with Gasteiger partial charge in [0.1, 0.15) is 0 Å². The summed E-state index contributed by atoms with van der Waals surface area (Å²) in [5.41, 5.74) is 0. The SMILES string of the molecule is CNC(=O)C(C)C.[Y]. The Morgan fingerprint density at radius 2 is 1.88 bits per heavy atom. The van der Waals surface area contributed by atoms with Crippen molar-refractivity contribution < 1.29 is 37.5 Å². The largest absolute Gasteiger partial charge is 0.359 e. The molecule has 3 heteroatoms. The van der Waals surface area contributed by atoms with Crippen LogP contribution in [0.15, 0.2) is 0 Å². The van der Waals surface area contributed by atoms with Gasteiger partial charge in [-0.25, -0.2) is 0 Å². The molecule has 1 amide bonds. The first-order chi connectivity index (χ1) is 3.18. The van der Waals surface area contributed by atoms with Crippen LogP contribution in [-0.2, 0) is 37.5 Å². The van der Waals surface area contributed by atoms with Gasteiger partial charge >= 0.3 is 0 Å². The van der Waals surface area contributed by atoms with Crippen molar-refractivity contribution in [1.82, 2.24) is 5.32 Å². The van der Waals surface area contributed by atoms with Crippen molar-refractivity contribution in [2.75, 3.05) is 7.05 Å². The molecule has 0 unspecified atom stereocenters. The number of carbonyl (C=O) groups is 1. The molecule has 1 N–H and O–H groups in total. The summed E-state index contributed by atoms with van der Waals surface area (Å²) < 4.78 is 0. The number of rotatable bonds is 1. The molecule has 45 valence electrons. The Kier molecular flexibility index (Phi) is 8.12. The van der Waals surface area contributed by atoms with Crippen LogP contribution in [0.2, 0.25) is 0 Å². The molecule has 1 radical (unpaired) electrons. The van der Waals surface area contributed by atoms with Gasteiger partial charge < -0.3 is 5.32 Å². The monoisotopic (exact) mass is 190 g/mol. The van der Waals surface area contributed by atoms with Crippen LogP contribution in [0, 0.1) is 5.92 Å².